The predicted molar refractivity (Wildman–Crippen MR) is 157 cm³/mol. The third-order valence-corrected chi connectivity index (χ3v) is 8.36. The Bertz CT molecular complexity index is 1570. The fraction of sp³-hybridized carbons (Fsp3) is 0.258. The van der Waals surface area contributed by atoms with Crippen LogP contribution in [0.2, 0.25) is 15.1 Å². The van der Waals surface area contributed by atoms with Crippen molar-refractivity contribution in [3.05, 3.63) is 98.5 Å². The first-order chi connectivity index (χ1) is 20.0. The van der Waals surface area contributed by atoms with Gasteiger partial charge in [0.2, 0.25) is 0 Å². The first kappa shape index (κ1) is 29.8. The van der Waals surface area contributed by atoms with E-state index < -0.39 is 47.9 Å². The van der Waals surface area contributed by atoms with Crippen LogP contribution in [0.15, 0.2) is 66.7 Å². The van der Waals surface area contributed by atoms with Crippen LogP contribution in [-0.2, 0) is 9.59 Å². The molecule has 216 valence electrons. The Morgan fingerprint density at radius 1 is 0.833 bits per heavy atom. The number of hydrazine groups is 1. The maximum absolute atomic E-state index is 13.6. The topological polar surface area (TPSA) is 101 Å². The van der Waals surface area contributed by atoms with Gasteiger partial charge in [-0.1, -0.05) is 41.7 Å². The van der Waals surface area contributed by atoms with E-state index in [9.17, 15) is 24.0 Å². The van der Waals surface area contributed by atoms with Gasteiger partial charge in [-0.25, -0.2) is 9.80 Å². The molecule has 42 heavy (non-hydrogen) atoms. The second-order valence-corrected chi connectivity index (χ2v) is 11.7. The van der Waals surface area contributed by atoms with Crippen LogP contribution in [0.5, 0.6) is 5.75 Å². The van der Waals surface area contributed by atoms with Crippen molar-refractivity contribution >= 4 is 64.3 Å². The number of imide groups is 1. The minimum atomic E-state index is -0.711. The summed E-state index contributed by atoms with van der Waals surface area (Å²) in [4.78, 5) is 66.5. The lowest BCUT2D eigenvalue weighted by Crippen LogP contribution is -2.52. The number of ketones is 1. The molecule has 3 amide bonds. The molecule has 1 aliphatic heterocycles. The highest BCUT2D eigenvalue weighted by atomic mass is 35.5. The van der Waals surface area contributed by atoms with Gasteiger partial charge < -0.3 is 4.74 Å². The van der Waals surface area contributed by atoms with Crippen molar-refractivity contribution in [2.75, 3.05) is 6.54 Å². The lowest BCUT2D eigenvalue weighted by Gasteiger charge is -2.30. The first-order valence-electron chi connectivity index (χ1n) is 13.3. The van der Waals surface area contributed by atoms with Crippen molar-refractivity contribution in [1.29, 1.82) is 0 Å². The highest BCUT2D eigenvalue weighted by Crippen LogP contribution is 2.41. The van der Waals surface area contributed by atoms with E-state index in [1.807, 2.05) is 6.92 Å². The zero-order chi connectivity index (χ0) is 30.1. The molecule has 3 atom stereocenters. The first-order valence-corrected chi connectivity index (χ1v) is 14.4. The van der Waals surface area contributed by atoms with Crippen molar-refractivity contribution in [3.8, 4) is 5.75 Å². The van der Waals surface area contributed by atoms with E-state index in [0.717, 1.165) is 16.4 Å². The van der Waals surface area contributed by atoms with Crippen molar-refractivity contribution in [3.63, 3.8) is 0 Å². The fourth-order valence-corrected chi connectivity index (χ4v) is 5.95. The van der Waals surface area contributed by atoms with Crippen molar-refractivity contribution < 1.29 is 28.7 Å². The molecule has 0 radical (unpaired) electrons. The summed E-state index contributed by atoms with van der Waals surface area (Å²) in [6, 6.07) is 16.0. The predicted octanol–water partition coefficient (Wildman–Crippen LogP) is 6.53. The number of carbonyl (C=O) groups is 5. The van der Waals surface area contributed by atoms with Gasteiger partial charge >= 0.3 is 5.97 Å². The highest BCUT2D eigenvalue weighted by Gasteiger charge is 2.52. The summed E-state index contributed by atoms with van der Waals surface area (Å²) in [6.45, 7) is 1.47. The van der Waals surface area contributed by atoms with E-state index in [2.05, 4.69) is 0 Å². The third-order valence-electron chi connectivity index (χ3n) is 7.56. The number of benzene rings is 3. The van der Waals surface area contributed by atoms with Gasteiger partial charge in [0.1, 0.15) is 12.3 Å². The molecule has 1 aliphatic carbocycles. The molecule has 3 aromatic carbocycles. The number of fused-ring (bicyclic) bond motifs is 1. The largest absolute Gasteiger partial charge is 0.423 e. The molecular weight excluding hydrogens is 603 g/mol. The zero-order valence-corrected chi connectivity index (χ0v) is 24.7. The Labute approximate surface area is 257 Å². The van der Waals surface area contributed by atoms with Gasteiger partial charge in [-0.3, -0.25) is 19.2 Å². The number of hydrogen-bond acceptors (Lipinski definition) is 6. The standard InChI is InChI=1S/C31H25Cl3N2O6/c1-17-2-12-23-25(14-17)30(40)36(29(23)39)35(28(38)19-3-7-20(32)8-4-19)16-27(37)18-5-10-22(11-6-18)42-31(41)24-13-9-21(33)15-26(24)34/h3-11,13,15,17,23,25H,2,12,14,16H2,1H3/t17-,23-,25+/m1/s1. The quantitative estimate of drug-likeness (QED) is 0.128. The van der Waals surface area contributed by atoms with Gasteiger partial charge in [-0.2, -0.15) is 5.01 Å². The van der Waals surface area contributed by atoms with Crippen LogP contribution in [0.4, 0.5) is 0 Å². The molecular formula is C31H25Cl3N2O6. The van der Waals surface area contributed by atoms with Crippen molar-refractivity contribution in [2.45, 2.75) is 26.2 Å². The SMILES string of the molecule is C[C@@H]1CC[C@H]2C(=O)N(N(CC(=O)c3ccc(OC(=O)c4ccc(Cl)cc4Cl)cc3)C(=O)c3ccc(Cl)cc3)C(=O)[C@H]2C1. The maximum Gasteiger partial charge on any atom is 0.345 e. The van der Waals surface area contributed by atoms with Crippen LogP contribution >= 0.6 is 34.8 Å². The number of rotatable bonds is 7. The van der Waals surface area contributed by atoms with Gasteiger partial charge in [0.05, 0.1) is 22.4 Å². The average molecular weight is 628 g/mol. The van der Waals surface area contributed by atoms with Gasteiger partial charge in [-0.15, -0.1) is 0 Å². The molecule has 0 N–H and O–H groups in total. The summed E-state index contributed by atoms with van der Waals surface area (Å²) in [6.07, 6.45) is 1.90. The van der Waals surface area contributed by atoms with E-state index in [4.69, 9.17) is 39.5 Å². The number of hydrogen-bond donors (Lipinski definition) is 0. The highest BCUT2D eigenvalue weighted by molar-refractivity contribution is 6.36. The molecule has 3 aromatic rings. The van der Waals surface area contributed by atoms with Crippen LogP contribution in [0, 0.1) is 17.8 Å². The maximum atomic E-state index is 13.6. The second kappa shape index (κ2) is 12.3. The second-order valence-electron chi connectivity index (χ2n) is 10.5. The van der Waals surface area contributed by atoms with Crippen molar-refractivity contribution in [2.24, 2.45) is 17.8 Å². The van der Waals surface area contributed by atoms with Crippen LogP contribution in [0.25, 0.3) is 0 Å². The summed E-state index contributed by atoms with van der Waals surface area (Å²) in [5.74, 6) is -3.50. The number of halogens is 3. The summed E-state index contributed by atoms with van der Waals surface area (Å²) in [7, 11) is 0. The number of nitrogens with zero attached hydrogens (tertiary/aromatic N) is 2. The third kappa shape index (κ3) is 6.07. The van der Waals surface area contributed by atoms with E-state index in [1.54, 1.807) is 0 Å². The molecule has 1 heterocycles. The molecule has 0 aromatic heterocycles. The molecule has 11 heteroatoms. The summed E-state index contributed by atoms with van der Waals surface area (Å²) >= 11 is 17.9. The molecule has 0 spiro atoms. The monoisotopic (exact) mass is 626 g/mol. The number of carbonyl (C=O) groups excluding carboxylic acids is 5. The summed E-state index contributed by atoms with van der Waals surface area (Å²) in [5.41, 5.74) is 0.463. The van der Waals surface area contributed by atoms with Gasteiger partial charge in [0, 0.05) is 21.2 Å². The average Bonchev–Trinajstić information content (AvgIpc) is 3.20. The smallest absolute Gasteiger partial charge is 0.345 e. The Morgan fingerprint density at radius 3 is 2.12 bits per heavy atom. The van der Waals surface area contributed by atoms with Crippen molar-refractivity contribution in [1.82, 2.24) is 10.0 Å². The molecule has 0 bridgehead atoms. The van der Waals surface area contributed by atoms with Crippen LogP contribution in [0.1, 0.15) is 57.3 Å². The number of Topliss-reactive ketones (excluding diaryl/α,β-unsaturated/α-hetero) is 1. The van der Waals surface area contributed by atoms with Crippen LogP contribution < -0.4 is 4.74 Å². The van der Waals surface area contributed by atoms with Crippen LogP contribution in [-0.4, -0.2) is 46.0 Å². The minimum absolute atomic E-state index is 0.118. The van der Waals surface area contributed by atoms with Gasteiger partial charge in [0.25, 0.3) is 17.7 Å². The molecule has 0 unspecified atom stereocenters. The van der Waals surface area contributed by atoms with Gasteiger partial charge in [-0.05, 0) is 91.9 Å². The van der Waals surface area contributed by atoms with E-state index >= 15 is 0 Å². The number of ether oxygens (including phenoxy) is 1. The minimum Gasteiger partial charge on any atom is -0.423 e. The molecule has 5 rings (SSSR count). The van der Waals surface area contributed by atoms with E-state index in [-0.39, 0.29) is 33.4 Å². The summed E-state index contributed by atoms with van der Waals surface area (Å²) in [5, 5.41) is 2.68. The molecule has 2 aliphatic rings. The van der Waals surface area contributed by atoms with Crippen LogP contribution in [0.3, 0.4) is 0 Å². The number of amides is 3. The number of esters is 1. The molecule has 8 nitrogen and oxygen atoms in total. The normalized spacial score (nSPS) is 19.8. The zero-order valence-electron chi connectivity index (χ0n) is 22.4. The Balaban J connectivity index is 1.37. The molecule has 2 fully saturated rings. The van der Waals surface area contributed by atoms with E-state index in [1.165, 1.54) is 66.7 Å². The Hall–Kier alpha value is -3.72. The molecule has 1 saturated heterocycles. The van der Waals surface area contributed by atoms with E-state index in [0.29, 0.717) is 22.9 Å². The Kier molecular flexibility index (Phi) is 8.68. The summed E-state index contributed by atoms with van der Waals surface area (Å²) < 4.78 is 5.36. The fourth-order valence-electron chi connectivity index (χ4n) is 5.34. The van der Waals surface area contributed by atoms with Gasteiger partial charge in [0.15, 0.2) is 5.78 Å². The lowest BCUT2D eigenvalue weighted by atomic mass is 9.76. The Morgan fingerprint density at radius 2 is 1.45 bits per heavy atom. The molecule has 1 saturated carbocycles. The lowest BCUT2D eigenvalue weighted by molar-refractivity contribution is -0.154.